The van der Waals surface area contributed by atoms with Crippen LogP contribution < -0.4 is 0 Å². The largest absolute Gasteiger partial charge is 0.373 e. The molecule has 0 spiro atoms. The first kappa shape index (κ1) is 11.3. The van der Waals surface area contributed by atoms with E-state index in [2.05, 4.69) is 0 Å². The van der Waals surface area contributed by atoms with E-state index >= 15 is 0 Å². The van der Waals surface area contributed by atoms with Gasteiger partial charge in [0.2, 0.25) is 0 Å². The molecule has 0 atom stereocenters. The highest BCUT2D eigenvalue weighted by molar-refractivity contribution is 5.96. The molecule has 0 aliphatic heterocycles. The summed E-state index contributed by atoms with van der Waals surface area (Å²) in [5.74, 6) is 0.766. The van der Waals surface area contributed by atoms with Crippen LogP contribution in [0.15, 0.2) is 30.3 Å². The van der Waals surface area contributed by atoms with Crippen molar-refractivity contribution in [3.63, 3.8) is 0 Å². The Morgan fingerprint density at radius 2 is 1.88 bits per heavy atom. The van der Waals surface area contributed by atoms with Crippen LogP contribution in [0, 0.1) is 5.92 Å². The Hall–Kier alpha value is -1.15. The van der Waals surface area contributed by atoms with E-state index in [0.717, 1.165) is 12.2 Å². The van der Waals surface area contributed by atoms with E-state index in [0.29, 0.717) is 5.92 Å². The van der Waals surface area contributed by atoms with Crippen molar-refractivity contribution in [3.8, 4) is 0 Å². The zero-order valence-corrected chi connectivity index (χ0v) is 9.52. The lowest BCUT2D eigenvalue weighted by Crippen LogP contribution is -2.13. The van der Waals surface area contributed by atoms with Gasteiger partial charge in [0.15, 0.2) is 5.78 Å². The fourth-order valence-electron chi connectivity index (χ4n) is 2.20. The molecule has 2 nitrogen and oxygen atoms in total. The van der Waals surface area contributed by atoms with Crippen LogP contribution in [0.2, 0.25) is 0 Å². The van der Waals surface area contributed by atoms with Crippen molar-refractivity contribution in [1.29, 1.82) is 0 Å². The molecule has 1 aliphatic carbocycles. The lowest BCUT2D eigenvalue weighted by Gasteiger charge is -2.09. The quantitative estimate of drug-likeness (QED) is 0.710. The molecule has 16 heavy (non-hydrogen) atoms. The van der Waals surface area contributed by atoms with Gasteiger partial charge < -0.3 is 4.74 Å². The topological polar surface area (TPSA) is 26.3 Å². The number of carbonyl (C=O) groups is 1. The number of ketones is 1. The average molecular weight is 218 g/mol. The molecule has 1 saturated carbocycles. The fraction of sp³-hybridized carbons (Fsp3) is 0.500. The van der Waals surface area contributed by atoms with E-state index in [-0.39, 0.29) is 12.4 Å². The second kappa shape index (κ2) is 5.80. The first-order valence-corrected chi connectivity index (χ1v) is 6.02. The number of rotatable bonds is 5. The molecule has 0 radical (unpaired) electrons. The summed E-state index contributed by atoms with van der Waals surface area (Å²) < 4.78 is 5.48. The molecule has 2 rings (SSSR count). The van der Waals surface area contributed by atoms with Gasteiger partial charge in [-0.1, -0.05) is 43.2 Å². The molecule has 1 aromatic rings. The zero-order valence-electron chi connectivity index (χ0n) is 9.52. The highest BCUT2D eigenvalue weighted by atomic mass is 16.5. The second-order valence-electron chi connectivity index (χ2n) is 4.45. The summed E-state index contributed by atoms with van der Waals surface area (Å²) in [5, 5.41) is 0. The molecule has 1 fully saturated rings. The van der Waals surface area contributed by atoms with Crippen LogP contribution >= 0.6 is 0 Å². The molecule has 1 aliphatic rings. The van der Waals surface area contributed by atoms with Crippen molar-refractivity contribution in [2.24, 2.45) is 5.92 Å². The van der Waals surface area contributed by atoms with Gasteiger partial charge in [-0.05, 0) is 18.8 Å². The first-order valence-electron chi connectivity index (χ1n) is 6.02. The Morgan fingerprint density at radius 3 is 2.56 bits per heavy atom. The van der Waals surface area contributed by atoms with Crippen molar-refractivity contribution in [2.45, 2.75) is 25.7 Å². The van der Waals surface area contributed by atoms with Gasteiger partial charge >= 0.3 is 0 Å². The van der Waals surface area contributed by atoms with Crippen molar-refractivity contribution >= 4 is 5.78 Å². The number of Topliss-reactive ketones (excluding diaryl/α,β-unsaturated/α-hetero) is 1. The normalized spacial score (nSPS) is 16.5. The molecule has 0 aromatic heterocycles. The van der Waals surface area contributed by atoms with E-state index in [1.54, 1.807) is 0 Å². The van der Waals surface area contributed by atoms with Gasteiger partial charge in [-0.15, -0.1) is 0 Å². The number of hydrogen-bond acceptors (Lipinski definition) is 2. The van der Waals surface area contributed by atoms with Gasteiger partial charge in [0, 0.05) is 5.56 Å². The number of hydrogen-bond donors (Lipinski definition) is 0. The Labute approximate surface area is 96.6 Å². The van der Waals surface area contributed by atoms with Crippen LogP contribution in [-0.4, -0.2) is 19.0 Å². The number of ether oxygens (including phenoxy) is 1. The maximum Gasteiger partial charge on any atom is 0.188 e. The molecular weight excluding hydrogens is 200 g/mol. The summed E-state index contributed by atoms with van der Waals surface area (Å²) in [6.45, 7) is 0.971. The molecule has 0 bridgehead atoms. The minimum Gasteiger partial charge on any atom is -0.373 e. The lowest BCUT2D eigenvalue weighted by atomic mass is 10.1. The SMILES string of the molecule is O=C(COCC1CCCC1)c1ccccc1. The third-order valence-corrected chi connectivity index (χ3v) is 3.16. The molecule has 0 N–H and O–H groups in total. The van der Waals surface area contributed by atoms with Gasteiger partial charge in [-0.3, -0.25) is 4.79 Å². The molecule has 1 aromatic carbocycles. The van der Waals surface area contributed by atoms with Crippen molar-refractivity contribution in [1.82, 2.24) is 0 Å². The van der Waals surface area contributed by atoms with Crippen LogP contribution in [0.3, 0.4) is 0 Å². The molecule has 0 heterocycles. The summed E-state index contributed by atoms with van der Waals surface area (Å²) in [5.41, 5.74) is 0.744. The van der Waals surface area contributed by atoms with Crippen molar-refractivity contribution < 1.29 is 9.53 Å². The van der Waals surface area contributed by atoms with Crippen LogP contribution in [0.1, 0.15) is 36.0 Å². The van der Waals surface area contributed by atoms with Gasteiger partial charge in [-0.2, -0.15) is 0 Å². The smallest absolute Gasteiger partial charge is 0.188 e. The summed E-state index contributed by atoms with van der Waals surface area (Å²) in [6, 6.07) is 9.34. The Bertz CT molecular complexity index is 326. The molecular formula is C14H18O2. The van der Waals surface area contributed by atoms with Gasteiger partial charge in [-0.25, -0.2) is 0 Å². The first-order chi connectivity index (χ1) is 7.86. The molecule has 2 heteroatoms. The van der Waals surface area contributed by atoms with E-state index < -0.39 is 0 Å². The predicted molar refractivity (Wildman–Crippen MR) is 63.5 cm³/mol. The highest BCUT2D eigenvalue weighted by Gasteiger charge is 2.15. The van der Waals surface area contributed by atoms with Gasteiger partial charge in [0.1, 0.15) is 6.61 Å². The molecule has 0 unspecified atom stereocenters. The third kappa shape index (κ3) is 3.17. The monoisotopic (exact) mass is 218 g/mol. The van der Waals surface area contributed by atoms with Crippen LogP contribution in [-0.2, 0) is 4.74 Å². The van der Waals surface area contributed by atoms with E-state index in [9.17, 15) is 4.79 Å². The van der Waals surface area contributed by atoms with E-state index in [1.165, 1.54) is 25.7 Å². The highest BCUT2D eigenvalue weighted by Crippen LogP contribution is 2.24. The molecule has 0 amide bonds. The van der Waals surface area contributed by atoms with Gasteiger partial charge in [0.05, 0.1) is 6.61 Å². The van der Waals surface area contributed by atoms with E-state index in [1.807, 2.05) is 30.3 Å². The fourth-order valence-corrected chi connectivity index (χ4v) is 2.20. The lowest BCUT2D eigenvalue weighted by molar-refractivity contribution is 0.0681. The van der Waals surface area contributed by atoms with Crippen molar-refractivity contribution in [2.75, 3.05) is 13.2 Å². The summed E-state index contributed by atoms with van der Waals surface area (Å²) >= 11 is 0. The van der Waals surface area contributed by atoms with Gasteiger partial charge in [0.25, 0.3) is 0 Å². The summed E-state index contributed by atoms with van der Waals surface area (Å²) in [7, 11) is 0. The Kier molecular flexibility index (Phi) is 4.11. The van der Waals surface area contributed by atoms with Crippen LogP contribution in [0.5, 0.6) is 0 Å². The molecule has 86 valence electrons. The maximum atomic E-state index is 11.7. The minimum atomic E-state index is 0.0820. The number of carbonyl (C=O) groups excluding carboxylic acids is 1. The third-order valence-electron chi connectivity index (χ3n) is 3.16. The minimum absolute atomic E-state index is 0.0820. The van der Waals surface area contributed by atoms with E-state index in [4.69, 9.17) is 4.74 Å². The zero-order chi connectivity index (χ0) is 11.2. The van der Waals surface area contributed by atoms with Crippen molar-refractivity contribution in [3.05, 3.63) is 35.9 Å². The standard InChI is InChI=1S/C14H18O2/c15-14(13-8-2-1-3-9-13)11-16-10-12-6-4-5-7-12/h1-3,8-9,12H,4-7,10-11H2. The average Bonchev–Trinajstić information content (AvgIpc) is 2.83. The Morgan fingerprint density at radius 1 is 1.19 bits per heavy atom. The van der Waals surface area contributed by atoms with Crippen LogP contribution in [0.25, 0.3) is 0 Å². The maximum absolute atomic E-state index is 11.7. The van der Waals surface area contributed by atoms with Crippen LogP contribution in [0.4, 0.5) is 0 Å². The summed E-state index contributed by atoms with van der Waals surface area (Å²) in [6.07, 6.45) is 5.17. The second-order valence-corrected chi connectivity index (χ2v) is 4.45. The predicted octanol–water partition coefficient (Wildman–Crippen LogP) is 3.08. The number of benzene rings is 1. The summed E-state index contributed by atoms with van der Waals surface area (Å²) in [4.78, 5) is 11.7. The Balaban J connectivity index is 1.71. The molecule has 0 saturated heterocycles.